The minimum atomic E-state index is -0.107. The van der Waals surface area contributed by atoms with Crippen molar-refractivity contribution in [1.29, 1.82) is 0 Å². The highest BCUT2D eigenvalue weighted by molar-refractivity contribution is 5.85. The zero-order valence-corrected chi connectivity index (χ0v) is 11.8. The van der Waals surface area contributed by atoms with Crippen LogP contribution in [0.1, 0.15) is 24.5 Å². The second-order valence-electron chi connectivity index (χ2n) is 5.20. The van der Waals surface area contributed by atoms with Gasteiger partial charge in [-0.2, -0.15) is 0 Å². The van der Waals surface area contributed by atoms with Gasteiger partial charge in [0.2, 0.25) is 0 Å². The SMILES string of the molecule is Cc1ccc(CN2CC(CN)CC2C)cc1F.Cl. The first-order chi connectivity index (χ1) is 8.10. The topological polar surface area (TPSA) is 29.3 Å². The van der Waals surface area contributed by atoms with Crippen LogP contribution >= 0.6 is 12.4 Å². The van der Waals surface area contributed by atoms with Crippen molar-refractivity contribution in [1.82, 2.24) is 4.90 Å². The molecule has 1 aromatic rings. The Kier molecular flexibility index (Phi) is 5.57. The second-order valence-corrected chi connectivity index (χ2v) is 5.20. The summed E-state index contributed by atoms with van der Waals surface area (Å²) in [7, 11) is 0. The molecule has 1 fully saturated rings. The molecule has 0 radical (unpaired) electrons. The van der Waals surface area contributed by atoms with Crippen molar-refractivity contribution in [3.8, 4) is 0 Å². The molecule has 102 valence electrons. The highest BCUT2D eigenvalue weighted by Crippen LogP contribution is 2.24. The number of likely N-dealkylation sites (tertiary alicyclic amines) is 1. The van der Waals surface area contributed by atoms with Crippen LogP contribution in [0.5, 0.6) is 0 Å². The molecule has 0 saturated carbocycles. The van der Waals surface area contributed by atoms with Gasteiger partial charge in [0.05, 0.1) is 0 Å². The van der Waals surface area contributed by atoms with Gasteiger partial charge in [-0.25, -0.2) is 4.39 Å². The summed E-state index contributed by atoms with van der Waals surface area (Å²) >= 11 is 0. The molecule has 2 N–H and O–H groups in total. The normalized spacial score (nSPS) is 24.0. The minimum Gasteiger partial charge on any atom is -0.330 e. The predicted octanol–water partition coefficient (Wildman–Crippen LogP) is 2.73. The van der Waals surface area contributed by atoms with E-state index in [0.29, 0.717) is 17.5 Å². The third kappa shape index (κ3) is 3.44. The van der Waals surface area contributed by atoms with E-state index in [9.17, 15) is 4.39 Å². The van der Waals surface area contributed by atoms with Crippen molar-refractivity contribution >= 4 is 12.4 Å². The molecule has 2 unspecified atom stereocenters. The first kappa shape index (κ1) is 15.4. The third-order valence-corrected chi connectivity index (χ3v) is 3.75. The molecular weight excluding hydrogens is 251 g/mol. The molecule has 0 bridgehead atoms. The molecule has 2 rings (SSSR count). The first-order valence-electron chi connectivity index (χ1n) is 6.29. The van der Waals surface area contributed by atoms with E-state index in [4.69, 9.17) is 5.73 Å². The molecule has 0 aromatic heterocycles. The maximum absolute atomic E-state index is 13.5. The molecule has 2 atom stereocenters. The van der Waals surface area contributed by atoms with Crippen molar-refractivity contribution in [2.45, 2.75) is 32.9 Å². The fourth-order valence-electron chi connectivity index (χ4n) is 2.58. The van der Waals surface area contributed by atoms with Crippen LogP contribution < -0.4 is 5.73 Å². The average molecular weight is 273 g/mol. The smallest absolute Gasteiger partial charge is 0.126 e. The lowest BCUT2D eigenvalue weighted by Gasteiger charge is -2.21. The van der Waals surface area contributed by atoms with Crippen LogP contribution in [0.4, 0.5) is 4.39 Å². The highest BCUT2D eigenvalue weighted by Gasteiger charge is 2.27. The van der Waals surface area contributed by atoms with Gasteiger partial charge in [-0.3, -0.25) is 4.90 Å². The van der Waals surface area contributed by atoms with Gasteiger partial charge < -0.3 is 5.73 Å². The van der Waals surface area contributed by atoms with E-state index in [1.165, 1.54) is 0 Å². The fourth-order valence-corrected chi connectivity index (χ4v) is 2.58. The van der Waals surface area contributed by atoms with Gasteiger partial charge in [-0.1, -0.05) is 12.1 Å². The van der Waals surface area contributed by atoms with Crippen LogP contribution in [-0.2, 0) is 6.54 Å². The largest absolute Gasteiger partial charge is 0.330 e. The lowest BCUT2D eigenvalue weighted by Crippen LogP contribution is -2.27. The Morgan fingerprint density at radius 2 is 2.17 bits per heavy atom. The predicted molar refractivity (Wildman–Crippen MR) is 75.4 cm³/mol. The molecule has 4 heteroatoms. The molecule has 0 spiro atoms. The Balaban J connectivity index is 0.00000162. The molecule has 18 heavy (non-hydrogen) atoms. The van der Waals surface area contributed by atoms with E-state index in [0.717, 1.165) is 31.6 Å². The Morgan fingerprint density at radius 3 is 2.72 bits per heavy atom. The Bertz CT molecular complexity index is 397. The third-order valence-electron chi connectivity index (χ3n) is 3.75. The molecule has 1 heterocycles. The van der Waals surface area contributed by atoms with Crippen LogP contribution in [0.25, 0.3) is 0 Å². The molecule has 1 aliphatic heterocycles. The standard InChI is InChI=1S/C14H21FN2.ClH/c1-10-3-4-12(6-14(10)15)8-17-9-13(7-16)5-11(17)2;/h3-4,6,11,13H,5,7-9,16H2,1-2H3;1H. The Morgan fingerprint density at radius 1 is 1.44 bits per heavy atom. The first-order valence-corrected chi connectivity index (χ1v) is 6.29. The van der Waals surface area contributed by atoms with Gasteiger partial charge >= 0.3 is 0 Å². The molecule has 0 aliphatic carbocycles. The van der Waals surface area contributed by atoms with Crippen molar-refractivity contribution < 1.29 is 4.39 Å². The van der Waals surface area contributed by atoms with Crippen LogP contribution in [-0.4, -0.2) is 24.0 Å². The second kappa shape index (κ2) is 6.50. The van der Waals surface area contributed by atoms with Crippen LogP contribution in [0.2, 0.25) is 0 Å². The van der Waals surface area contributed by atoms with Gasteiger partial charge in [0.25, 0.3) is 0 Å². The Hall–Kier alpha value is -0.640. The summed E-state index contributed by atoms with van der Waals surface area (Å²) in [4.78, 5) is 2.39. The summed E-state index contributed by atoms with van der Waals surface area (Å²) in [6.07, 6.45) is 1.16. The Labute approximate surface area is 115 Å². The van der Waals surface area contributed by atoms with Gasteiger partial charge in [0.1, 0.15) is 5.82 Å². The van der Waals surface area contributed by atoms with E-state index in [1.807, 2.05) is 12.1 Å². The summed E-state index contributed by atoms with van der Waals surface area (Å²) < 4.78 is 13.5. The number of nitrogens with two attached hydrogens (primary N) is 1. The lowest BCUT2D eigenvalue weighted by atomic mass is 10.1. The number of nitrogens with zero attached hydrogens (tertiary/aromatic N) is 1. The van der Waals surface area contributed by atoms with Crippen molar-refractivity contribution in [2.75, 3.05) is 13.1 Å². The van der Waals surface area contributed by atoms with E-state index in [2.05, 4.69) is 11.8 Å². The molecular formula is C14H22ClFN2. The summed E-state index contributed by atoms with van der Waals surface area (Å²) in [6, 6.07) is 6.07. The van der Waals surface area contributed by atoms with Crippen LogP contribution in [0.3, 0.4) is 0 Å². The number of benzene rings is 1. The van der Waals surface area contributed by atoms with Crippen molar-refractivity contribution in [2.24, 2.45) is 11.7 Å². The number of aryl methyl sites for hydroxylation is 1. The van der Waals surface area contributed by atoms with Gasteiger partial charge in [0, 0.05) is 19.1 Å². The number of hydrogen-bond acceptors (Lipinski definition) is 2. The number of halogens is 2. The van der Waals surface area contributed by atoms with E-state index in [-0.39, 0.29) is 18.2 Å². The average Bonchev–Trinajstić information content (AvgIpc) is 2.65. The molecule has 1 aliphatic rings. The van der Waals surface area contributed by atoms with Gasteiger partial charge in [-0.15, -0.1) is 12.4 Å². The van der Waals surface area contributed by atoms with Gasteiger partial charge in [-0.05, 0) is 49.9 Å². The number of rotatable bonds is 3. The lowest BCUT2D eigenvalue weighted by molar-refractivity contribution is 0.255. The summed E-state index contributed by atoms with van der Waals surface area (Å²) in [5.41, 5.74) is 7.47. The number of hydrogen-bond donors (Lipinski definition) is 1. The van der Waals surface area contributed by atoms with E-state index >= 15 is 0 Å². The maximum atomic E-state index is 13.5. The zero-order chi connectivity index (χ0) is 12.4. The van der Waals surface area contributed by atoms with Crippen LogP contribution in [0.15, 0.2) is 18.2 Å². The fraction of sp³-hybridized carbons (Fsp3) is 0.571. The quantitative estimate of drug-likeness (QED) is 0.917. The summed E-state index contributed by atoms with van der Waals surface area (Å²) in [5.74, 6) is 0.491. The molecule has 2 nitrogen and oxygen atoms in total. The zero-order valence-electron chi connectivity index (χ0n) is 11.0. The van der Waals surface area contributed by atoms with E-state index < -0.39 is 0 Å². The summed E-state index contributed by atoms with van der Waals surface area (Å²) in [6.45, 7) is 6.63. The molecule has 1 saturated heterocycles. The maximum Gasteiger partial charge on any atom is 0.126 e. The van der Waals surface area contributed by atoms with Crippen LogP contribution in [0, 0.1) is 18.7 Å². The van der Waals surface area contributed by atoms with Gasteiger partial charge in [0.15, 0.2) is 0 Å². The monoisotopic (exact) mass is 272 g/mol. The molecule has 0 amide bonds. The van der Waals surface area contributed by atoms with Crippen molar-refractivity contribution in [3.63, 3.8) is 0 Å². The van der Waals surface area contributed by atoms with Crippen molar-refractivity contribution in [3.05, 3.63) is 35.1 Å². The molecule has 1 aromatic carbocycles. The highest BCUT2D eigenvalue weighted by atomic mass is 35.5. The van der Waals surface area contributed by atoms with E-state index in [1.54, 1.807) is 13.0 Å². The minimum absolute atomic E-state index is 0. The summed E-state index contributed by atoms with van der Waals surface area (Å²) in [5, 5.41) is 0.